The average Bonchev–Trinajstić information content (AvgIpc) is 2.46. The van der Waals surface area contributed by atoms with Gasteiger partial charge in [-0.3, -0.25) is 0 Å². The molecule has 2 aromatic carbocycles. The molecule has 0 fully saturated rings. The Morgan fingerprint density at radius 3 is 2.19 bits per heavy atom. The zero-order valence-electron chi connectivity index (χ0n) is 12.1. The van der Waals surface area contributed by atoms with Gasteiger partial charge in [0.15, 0.2) is 0 Å². The SMILES string of the molecule is CC(C)Oc1ccc(C=C(C(=O)O)c2ccccc2)cc1. The van der Waals surface area contributed by atoms with Crippen molar-refractivity contribution in [2.75, 3.05) is 0 Å². The number of ether oxygens (including phenoxy) is 1. The number of carbonyl (C=O) groups is 1. The minimum absolute atomic E-state index is 0.116. The van der Waals surface area contributed by atoms with Crippen LogP contribution in [0.15, 0.2) is 54.6 Å². The quantitative estimate of drug-likeness (QED) is 0.663. The predicted molar refractivity (Wildman–Crippen MR) is 84.2 cm³/mol. The van der Waals surface area contributed by atoms with Gasteiger partial charge >= 0.3 is 5.97 Å². The van der Waals surface area contributed by atoms with Crippen molar-refractivity contribution in [3.8, 4) is 5.75 Å². The second-order valence-electron chi connectivity index (χ2n) is 4.96. The molecule has 0 aliphatic carbocycles. The van der Waals surface area contributed by atoms with E-state index in [2.05, 4.69) is 0 Å². The smallest absolute Gasteiger partial charge is 0.336 e. The van der Waals surface area contributed by atoms with Crippen molar-refractivity contribution in [2.45, 2.75) is 20.0 Å². The van der Waals surface area contributed by atoms with Crippen molar-refractivity contribution >= 4 is 17.6 Å². The first kappa shape index (κ1) is 14.9. The number of aliphatic carboxylic acids is 1. The molecule has 3 heteroatoms. The Morgan fingerprint density at radius 2 is 1.67 bits per heavy atom. The highest BCUT2D eigenvalue weighted by molar-refractivity contribution is 6.20. The van der Waals surface area contributed by atoms with Crippen LogP contribution in [0.3, 0.4) is 0 Å². The third-order valence-electron chi connectivity index (χ3n) is 2.88. The fourth-order valence-electron chi connectivity index (χ4n) is 1.97. The molecule has 0 saturated heterocycles. The first-order valence-corrected chi connectivity index (χ1v) is 6.83. The lowest BCUT2D eigenvalue weighted by atomic mass is 10.0. The van der Waals surface area contributed by atoms with Gasteiger partial charge in [0.1, 0.15) is 5.75 Å². The summed E-state index contributed by atoms with van der Waals surface area (Å²) in [5, 5.41) is 9.37. The van der Waals surface area contributed by atoms with E-state index in [0.29, 0.717) is 5.56 Å². The van der Waals surface area contributed by atoms with Gasteiger partial charge in [0.05, 0.1) is 11.7 Å². The molecule has 0 bridgehead atoms. The minimum Gasteiger partial charge on any atom is -0.491 e. The Bertz CT molecular complexity index is 625. The third kappa shape index (κ3) is 4.21. The summed E-state index contributed by atoms with van der Waals surface area (Å²) >= 11 is 0. The molecular weight excluding hydrogens is 264 g/mol. The Hall–Kier alpha value is -2.55. The summed E-state index contributed by atoms with van der Waals surface area (Å²) in [6, 6.07) is 16.5. The molecule has 0 radical (unpaired) electrons. The predicted octanol–water partition coefficient (Wildman–Crippen LogP) is 4.10. The third-order valence-corrected chi connectivity index (χ3v) is 2.88. The van der Waals surface area contributed by atoms with Crippen LogP contribution in [0.4, 0.5) is 0 Å². The van der Waals surface area contributed by atoms with Gasteiger partial charge in [0, 0.05) is 0 Å². The molecule has 2 aromatic rings. The Balaban J connectivity index is 2.29. The molecule has 1 N–H and O–H groups in total. The molecule has 0 spiro atoms. The van der Waals surface area contributed by atoms with Gasteiger partial charge < -0.3 is 9.84 Å². The maximum atomic E-state index is 11.4. The van der Waals surface area contributed by atoms with E-state index in [1.807, 2.05) is 56.3 Å². The van der Waals surface area contributed by atoms with Gasteiger partial charge in [-0.2, -0.15) is 0 Å². The highest BCUT2D eigenvalue weighted by Gasteiger charge is 2.09. The molecule has 3 nitrogen and oxygen atoms in total. The first-order valence-electron chi connectivity index (χ1n) is 6.83. The van der Waals surface area contributed by atoms with Gasteiger partial charge in [-0.25, -0.2) is 4.79 Å². The summed E-state index contributed by atoms with van der Waals surface area (Å²) in [4.78, 5) is 11.4. The zero-order valence-corrected chi connectivity index (χ0v) is 12.1. The van der Waals surface area contributed by atoms with Crippen molar-refractivity contribution in [1.29, 1.82) is 0 Å². The summed E-state index contributed by atoms with van der Waals surface area (Å²) in [6.07, 6.45) is 1.78. The fourth-order valence-corrected chi connectivity index (χ4v) is 1.97. The summed E-state index contributed by atoms with van der Waals surface area (Å²) in [5.41, 5.74) is 1.79. The lowest BCUT2D eigenvalue weighted by molar-refractivity contribution is -0.130. The monoisotopic (exact) mass is 282 g/mol. The van der Waals surface area contributed by atoms with Crippen molar-refractivity contribution in [3.05, 3.63) is 65.7 Å². The van der Waals surface area contributed by atoms with Crippen LogP contribution in [0.25, 0.3) is 11.6 Å². The van der Waals surface area contributed by atoms with Crippen LogP contribution in [0.2, 0.25) is 0 Å². The molecule has 0 atom stereocenters. The molecule has 108 valence electrons. The fraction of sp³-hybridized carbons (Fsp3) is 0.167. The van der Waals surface area contributed by atoms with Crippen LogP contribution < -0.4 is 4.74 Å². The molecule has 0 saturated carbocycles. The van der Waals surface area contributed by atoms with Crippen molar-refractivity contribution in [2.24, 2.45) is 0 Å². The van der Waals surface area contributed by atoms with E-state index in [0.717, 1.165) is 11.3 Å². The van der Waals surface area contributed by atoms with E-state index < -0.39 is 5.97 Å². The van der Waals surface area contributed by atoms with Crippen molar-refractivity contribution in [1.82, 2.24) is 0 Å². The van der Waals surface area contributed by atoms with E-state index in [-0.39, 0.29) is 11.7 Å². The molecule has 0 heterocycles. The molecule has 0 unspecified atom stereocenters. The Labute approximate surface area is 124 Å². The number of carboxylic acids is 1. The van der Waals surface area contributed by atoms with Crippen LogP contribution in [-0.4, -0.2) is 17.2 Å². The maximum absolute atomic E-state index is 11.4. The van der Waals surface area contributed by atoms with Gasteiger partial charge in [-0.1, -0.05) is 42.5 Å². The molecule has 2 rings (SSSR count). The lowest BCUT2D eigenvalue weighted by Crippen LogP contribution is -2.05. The topological polar surface area (TPSA) is 46.5 Å². The van der Waals surface area contributed by atoms with Crippen LogP contribution in [0, 0.1) is 0 Å². The van der Waals surface area contributed by atoms with Gasteiger partial charge in [-0.15, -0.1) is 0 Å². The average molecular weight is 282 g/mol. The molecule has 21 heavy (non-hydrogen) atoms. The van der Waals surface area contributed by atoms with Gasteiger partial charge in [0.25, 0.3) is 0 Å². The summed E-state index contributed by atoms with van der Waals surface area (Å²) in [6.45, 7) is 3.93. The highest BCUT2D eigenvalue weighted by Crippen LogP contribution is 2.20. The van der Waals surface area contributed by atoms with Crippen molar-refractivity contribution in [3.63, 3.8) is 0 Å². The second kappa shape index (κ2) is 6.75. The van der Waals surface area contributed by atoms with Crippen LogP contribution >= 0.6 is 0 Å². The van der Waals surface area contributed by atoms with E-state index in [1.54, 1.807) is 18.2 Å². The first-order chi connectivity index (χ1) is 10.1. The molecule has 0 amide bonds. The molecule has 0 aromatic heterocycles. The van der Waals surface area contributed by atoms with Crippen LogP contribution in [0.1, 0.15) is 25.0 Å². The lowest BCUT2D eigenvalue weighted by Gasteiger charge is -2.09. The minimum atomic E-state index is -0.941. The molecular formula is C18H18O3. The zero-order chi connectivity index (χ0) is 15.2. The summed E-state index contributed by atoms with van der Waals surface area (Å²) in [7, 11) is 0. The van der Waals surface area contributed by atoms with Gasteiger partial charge in [-0.05, 0) is 43.2 Å². The largest absolute Gasteiger partial charge is 0.491 e. The van der Waals surface area contributed by atoms with E-state index in [9.17, 15) is 9.90 Å². The van der Waals surface area contributed by atoms with E-state index in [4.69, 9.17) is 4.74 Å². The number of rotatable bonds is 5. The number of benzene rings is 2. The van der Waals surface area contributed by atoms with E-state index in [1.165, 1.54) is 0 Å². The second-order valence-corrected chi connectivity index (χ2v) is 4.96. The standard InChI is InChI=1S/C18H18O3/c1-13(2)21-16-10-8-14(9-11-16)12-17(18(19)20)15-6-4-3-5-7-15/h3-13H,1-2H3,(H,19,20). The normalized spacial score (nSPS) is 11.5. The number of hydrogen-bond acceptors (Lipinski definition) is 2. The summed E-state index contributed by atoms with van der Waals surface area (Å²) in [5.74, 6) is -0.164. The number of carboxylic acid groups (broad SMARTS) is 1. The number of hydrogen-bond donors (Lipinski definition) is 1. The van der Waals surface area contributed by atoms with Crippen LogP contribution in [0.5, 0.6) is 5.75 Å². The molecule has 0 aliphatic rings. The summed E-state index contributed by atoms with van der Waals surface area (Å²) < 4.78 is 5.57. The molecule has 0 aliphatic heterocycles. The Morgan fingerprint density at radius 1 is 1.05 bits per heavy atom. The van der Waals surface area contributed by atoms with Crippen LogP contribution in [-0.2, 0) is 4.79 Å². The van der Waals surface area contributed by atoms with Gasteiger partial charge in [0.2, 0.25) is 0 Å². The van der Waals surface area contributed by atoms with Crippen molar-refractivity contribution < 1.29 is 14.6 Å². The maximum Gasteiger partial charge on any atom is 0.336 e. The highest BCUT2D eigenvalue weighted by atomic mass is 16.5. The Kier molecular flexibility index (Phi) is 4.77. The van der Waals surface area contributed by atoms with E-state index >= 15 is 0 Å².